The molecule has 1 aliphatic rings. The van der Waals surface area contributed by atoms with Crippen molar-refractivity contribution in [3.63, 3.8) is 0 Å². The molecular weight excluding hydrogens is 226 g/mol. The van der Waals surface area contributed by atoms with Crippen LogP contribution in [0, 0.1) is 0 Å². The molecule has 5 heteroatoms. The van der Waals surface area contributed by atoms with Crippen LogP contribution >= 0.6 is 0 Å². The lowest BCUT2D eigenvalue weighted by atomic mass is 10.1. The van der Waals surface area contributed by atoms with Crippen LogP contribution in [0.5, 0.6) is 5.75 Å². The molecule has 0 aromatic heterocycles. The van der Waals surface area contributed by atoms with Crippen LogP contribution in [0.4, 0.5) is 0 Å². The van der Waals surface area contributed by atoms with Gasteiger partial charge in [-0.1, -0.05) is 0 Å². The maximum absolute atomic E-state index is 12.0. The predicted molar refractivity (Wildman–Crippen MR) is 61.5 cm³/mol. The summed E-state index contributed by atoms with van der Waals surface area (Å²) >= 11 is 0. The van der Waals surface area contributed by atoms with Crippen LogP contribution in [0.1, 0.15) is 6.42 Å². The summed E-state index contributed by atoms with van der Waals surface area (Å²) < 4.78 is 28.9. The Hall–Kier alpha value is -1.07. The molecular formula is C11H15NO3S. The maximum Gasteiger partial charge on any atom is 0.179 e. The van der Waals surface area contributed by atoms with Gasteiger partial charge in [0, 0.05) is 6.04 Å². The molecule has 0 amide bonds. The first-order valence-electron chi connectivity index (χ1n) is 5.22. The Labute approximate surface area is 95.5 Å². The standard InChI is InChI=1S/C11H15NO3S/c1-15-10-2-4-11(5-3-10)16(13,14)8-9-6-7-12-9/h2-5,9,12H,6-8H2,1H3. The van der Waals surface area contributed by atoms with Gasteiger partial charge in [-0.25, -0.2) is 8.42 Å². The molecule has 1 N–H and O–H groups in total. The van der Waals surface area contributed by atoms with E-state index < -0.39 is 9.84 Å². The number of ether oxygens (including phenoxy) is 1. The number of hydrogen-bond donors (Lipinski definition) is 1. The molecule has 2 rings (SSSR count). The Morgan fingerprint density at radius 2 is 2.00 bits per heavy atom. The molecule has 1 unspecified atom stereocenters. The van der Waals surface area contributed by atoms with Gasteiger partial charge in [-0.05, 0) is 37.2 Å². The van der Waals surface area contributed by atoms with E-state index >= 15 is 0 Å². The predicted octanol–water partition coefficient (Wildman–Crippen LogP) is 0.831. The largest absolute Gasteiger partial charge is 0.497 e. The van der Waals surface area contributed by atoms with Gasteiger partial charge >= 0.3 is 0 Å². The second-order valence-corrected chi connectivity index (χ2v) is 5.93. The van der Waals surface area contributed by atoms with E-state index in [0.717, 1.165) is 13.0 Å². The summed E-state index contributed by atoms with van der Waals surface area (Å²) in [5.41, 5.74) is 0. The van der Waals surface area contributed by atoms with E-state index in [4.69, 9.17) is 4.74 Å². The van der Waals surface area contributed by atoms with Gasteiger partial charge in [0.2, 0.25) is 0 Å². The van der Waals surface area contributed by atoms with Crippen molar-refractivity contribution in [2.45, 2.75) is 17.4 Å². The van der Waals surface area contributed by atoms with E-state index in [9.17, 15) is 8.42 Å². The van der Waals surface area contributed by atoms with Crippen LogP contribution in [0.2, 0.25) is 0 Å². The summed E-state index contributed by atoms with van der Waals surface area (Å²) in [6, 6.07) is 6.63. The minimum absolute atomic E-state index is 0.118. The third-order valence-electron chi connectivity index (χ3n) is 2.76. The number of sulfone groups is 1. The fraction of sp³-hybridized carbons (Fsp3) is 0.455. The first-order valence-corrected chi connectivity index (χ1v) is 6.87. The van der Waals surface area contributed by atoms with Crippen molar-refractivity contribution in [1.82, 2.24) is 5.32 Å². The molecule has 1 aromatic carbocycles. The average molecular weight is 241 g/mol. The molecule has 0 saturated carbocycles. The van der Waals surface area contributed by atoms with Crippen molar-refractivity contribution in [3.8, 4) is 5.75 Å². The SMILES string of the molecule is COc1ccc(S(=O)(=O)CC2CCN2)cc1. The number of benzene rings is 1. The molecule has 4 nitrogen and oxygen atoms in total. The van der Waals surface area contributed by atoms with E-state index in [-0.39, 0.29) is 11.8 Å². The molecule has 0 spiro atoms. The van der Waals surface area contributed by atoms with Gasteiger partial charge in [0.05, 0.1) is 17.8 Å². The molecule has 0 bridgehead atoms. The van der Waals surface area contributed by atoms with Crippen LogP contribution in [0.3, 0.4) is 0 Å². The zero-order chi connectivity index (χ0) is 11.6. The highest BCUT2D eigenvalue weighted by Crippen LogP contribution is 2.18. The van der Waals surface area contributed by atoms with Crippen molar-refractivity contribution >= 4 is 9.84 Å². The molecule has 16 heavy (non-hydrogen) atoms. The highest BCUT2D eigenvalue weighted by atomic mass is 32.2. The van der Waals surface area contributed by atoms with Crippen molar-refractivity contribution in [1.29, 1.82) is 0 Å². The minimum atomic E-state index is -3.16. The molecule has 0 aliphatic carbocycles. The van der Waals surface area contributed by atoms with E-state index in [2.05, 4.69) is 5.32 Å². The topological polar surface area (TPSA) is 55.4 Å². The van der Waals surface area contributed by atoms with Gasteiger partial charge in [-0.15, -0.1) is 0 Å². The van der Waals surface area contributed by atoms with Gasteiger partial charge in [-0.2, -0.15) is 0 Å². The van der Waals surface area contributed by atoms with Gasteiger partial charge in [0.1, 0.15) is 5.75 Å². The summed E-state index contributed by atoms with van der Waals surface area (Å²) in [6.45, 7) is 0.919. The van der Waals surface area contributed by atoms with E-state index in [0.29, 0.717) is 10.6 Å². The van der Waals surface area contributed by atoms with Crippen LogP contribution in [0.25, 0.3) is 0 Å². The molecule has 1 atom stereocenters. The van der Waals surface area contributed by atoms with Crippen molar-refractivity contribution in [2.75, 3.05) is 19.4 Å². The maximum atomic E-state index is 12.0. The number of methoxy groups -OCH3 is 1. The van der Waals surface area contributed by atoms with E-state index in [1.165, 1.54) is 0 Å². The van der Waals surface area contributed by atoms with Crippen LogP contribution in [-0.4, -0.2) is 33.9 Å². The van der Waals surface area contributed by atoms with Gasteiger partial charge in [0.15, 0.2) is 9.84 Å². The molecule has 1 fully saturated rings. The highest BCUT2D eigenvalue weighted by Gasteiger charge is 2.25. The first-order chi connectivity index (χ1) is 7.62. The summed E-state index contributed by atoms with van der Waals surface area (Å²) in [5.74, 6) is 0.847. The normalized spacial score (nSPS) is 20.2. The monoisotopic (exact) mass is 241 g/mol. The number of rotatable bonds is 4. The van der Waals surface area contributed by atoms with E-state index in [1.54, 1.807) is 31.4 Å². The lowest BCUT2D eigenvalue weighted by Gasteiger charge is -2.27. The van der Waals surface area contributed by atoms with Crippen LogP contribution in [-0.2, 0) is 9.84 Å². The Kier molecular flexibility index (Phi) is 3.16. The zero-order valence-corrected chi connectivity index (χ0v) is 9.96. The van der Waals surface area contributed by atoms with E-state index in [1.807, 2.05) is 0 Å². The minimum Gasteiger partial charge on any atom is -0.497 e. The van der Waals surface area contributed by atoms with Gasteiger partial charge in [-0.3, -0.25) is 0 Å². The van der Waals surface area contributed by atoms with Crippen LogP contribution in [0.15, 0.2) is 29.2 Å². The van der Waals surface area contributed by atoms with Crippen molar-refractivity contribution in [3.05, 3.63) is 24.3 Å². The molecule has 1 aliphatic heterocycles. The zero-order valence-electron chi connectivity index (χ0n) is 9.14. The Morgan fingerprint density at radius 1 is 1.38 bits per heavy atom. The summed E-state index contributed by atoms with van der Waals surface area (Å²) in [7, 11) is -1.61. The lowest BCUT2D eigenvalue weighted by molar-refractivity contribution is 0.398. The van der Waals surface area contributed by atoms with Crippen LogP contribution < -0.4 is 10.1 Å². The van der Waals surface area contributed by atoms with Gasteiger partial charge < -0.3 is 10.1 Å². The smallest absolute Gasteiger partial charge is 0.179 e. The lowest BCUT2D eigenvalue weighted by Crippen LogP contribution is -2.47. The Morgan fingerprint density at radius 3 is 2.44 bits per heavy atom. The highest BCUT2D eigenvalue weighted by molar-refractivity contribution is 7.91. The second kappa shape index (κ2) is 4.43. The molecule has 0 radical (unpaired) electrons. The Balaban J connectivity index is 2.14. The first kappa shape index (κ1) is 11.4. The quantitative estimate of drug-likeness (QED) is 0.848. The number of nitrogens with one attached hydrogen (secondary N) is 1. The summed E-state index contributed by atoms with van der Waals surface area (Å²) in [5, 5.41) is 3.09. The fourth-order valence-electron chi connectivity index (χ4n) is 1.63. The Bertz CT molecular complexity index is 449. The fourth-order valence-corrected chi connectivity index (χ4v) is 3.19. The third-order valence-corrected chi connectivity index (χ3v) is 4.60. The molecule has 1 aromatic rings. The summed E-state index contributed by atoms with van der Waals surface area (Å²) in [6.07, 6.45) is 0.940. The van der Waals surface area contributed by atoms with Crippen molar-refractivity contribution in [2.24, 2.45) is 0 Å². The molecule has 1 saturated heterocycles. The second-order valence-electron chi connectivity index (χ2n) is 3.90. The van der Waals surface area contributed by atoms with Crippen molar-refractivity contribution < 1.29 is 13.2 Å². The molecule has 1 heterocycles. The summed E-state index contributed by atoms with van der Waals surface area (Å²) in [4.78, 5) is 0.363. The molecule has 88 valence electrons. The number of hydrogen-bond acceptors (Lipinski definition) is 4. The average Bonchev–Trinajstić information content (AvgIpc) is 2.24. The third kappa shape index (κ3) is 2.36. The van der Waals surface area contributed by atoms with Gasteiger partial charge in [0.25, 0.3) is 0 Å².